The molecule has 0 atom stereocenters. The highest BCUT2D eigenvalue weighted by Gasteiger charge is 2.17. The molecular formula is C19H23N3O5S. The highest BCUT2D eigenvalue weighted by atomic mass is 32.2. The number of aryl methyl sites for hydroxylation is 1. The number of hydrogen-bond donors (Lipinski definition) is 3. The molecule has 0 aromatic heterocycles. The molecule has 2 aromatic carbocycles. The lowest BCUT2D eigenvalue weighted by Crippen LogP contribution is -2.27. The predicted octanol–water partition coefficient (Wildman–Crippen LogP) is 2.26. The van der Waals surface area contributed by atoms with Crippen LogP contribution in [0, 0.1) is 6.92 Å². The Morgan fingerprint density at radius 3 is 2.21 bits per heavy atom. The first-order valence-electron chi connectivity index (χ1n) is 8.53. The third-order valence-corrected chi connectivity index (χ3v) is 4.79. The second-order valence-electron chi connectivity index (χ2n) is 6.49. The normalized spacial score (nSPS) is 11.1. The second kappa shape index (κ2) is 8.75. The van der Waals surface area contributed by atoms with Gasteiger partial charge in [0.05, 0.1) is 6.10 Å². The number of nitrogens with one attached hydrogen (secondary N) is 2. The van der Waals surface area contributed by atoms with E-state index in [9.17, 15) is 18.0 Å². The lowest BCUT2D eigenvalue weighted by atomic mass is 10.1. The maximum atomic E-state index is 12.2. The van der Waals surface area contributed by atoms with Crippen LogP contribution in [0.3, 0.4) is 0 Å². The van der Waals surface area contributed by atoms with E-state index in [4.69, 9.17) is 10.5 Å². The van der Waals surface area contributed by atoms with E-state index in [0.717, 1.165) is 0 Å². The SMILES string of the molecule is Cc1cc(NC(=O)CS(=O)(=O)Nc2ccc(OC(C)C)cc2)ccc1C(N)=O. The van der Waals surface area contributed by atoms with Crippen molar-refractivity contribution in [1.29, 1.82) is 0 Å². The van der Waals surface area contributed by atoms with Gasteiger partial charge >= 0.3 is 0 Å². The lowest BCUT2D eigenvalue weighted by molar-refractivity contribution is -0.113. The van der Waals surface area contributed by atoms with Crippen LogP contribution >= 0.6 is 0 Å². The highest BCUT2D eigenvalue weighted by Crippen LogP contribution is 2.18. The molecule has 0 saturated heterocycles. The molecule has 0 aliphatic rings. The summed E-state index contributed by atoms with van der Waals surface area (Å²) in [5.74, 6) is -1.43. The molecule has 9 heteroatoms. The summed E-state index contributed by atoms with van der Waals surface area (Å²) in [6, 6.07) is 10.9. The van der Waals surface area contributed by atoms with Crippen molar-refractivity contribution in [3.63, 3.8) is 0 Å². The topological polar surface area (TPSA) is 128 Å². The van der Waals surface area contributed by atoms with Crippen molar-refractivity contribution in [2.75, 3.05) is 15.8 Å². The number of nitrogens with two attached hydrogens (primary N) is 1. The average Bonchev–Trinajstić information content (AvgIpc) is 2.55. The minimum absolute atomic E-state index is 0.00640. The number of carbonyl (C=O) groups excluding carboxylic acids is 2. The Morgan fingerprint density at radius 2 is 1.68 bits per heavy atom. The van der Waals surface area contributed by atoms with Crippen LogP contribution in [-0.4, -0.2) is 32.1 Å². The molecule has 2 rings (SSSR count). The maximum absolute atomic E-state index is 12.2. The lowest BCUT2D eigenvalue weighted by Gasteiger charge is -2.12. The number of rotatable bonds is 8. The maximum Gasteiger partial charge on any atom is 0.248 e. The van der Waals surface area contributed by atoms with Crippen LogP contribution < -0.4 is 20.5 Å². The molecule has 0 saturated carbocycles. The number of amides is 2. The molecule has 0 spiro atoms. The van der Waals surface area contributed by atoms with Gasteiger partial charge in [-0.1, -0.05) is 0 Å². The van der Waals surface area contributed by atoms with Crippen molar-refractivity contribution in [2.45, 2.75) is 26.9 Å². The molecule has 0 aliphatic carbocycles. The van der Waals surface area contributed by atoms with E-state index in [0.29, 0.717) is 28.3 Å². The first-order chi connectivity index (χ1) is 13.1. The second-order valence-corrected chi connectivity index (χ2v) is 8.22. The fourth-order valence-electron chi connectivity index (χ4n) is 2.48. The molecule has 0 bridgehead atoms. The molecule has 4 N–H and O–H groups in total. The number of hydrogen-bond acceptors (Lipinski definition) is 5. The van der Waals surface area contributed by atoms with Crippen molar-refractivity contribution in [2.24, 2.45) is 5.73 Å². The summed E-state index contributed by atoms with van der Waals surface area (Å²) in [6.07, 6.45) is 0.00640. The summed E-state index contributed by atoms with van der Waals surface area (Å²) < 4.78 is 32.3. The molecular weight excluding hydrogens is 382 g/mol. The van der Waals surface area contributed by atoms with Crippen LogP contribution in [0.25, 0.3) is 0 Å². The fourth-order valence-corrected chi connectivity index (χ4v) is 3.46. The van der Waals surface area contributed by atoms with Gasteiger partial charge in [-0.15, -0.1) is 0 Å². The van der Waals surface area contributed by atoms with Crippen LogP contribution in [0.1, 0.15) is 29.8 Å². The highest BCUT2D eigenvalue weighted by molar-refractivity contribution is 7.93. The largest absolute Gasteiger partial charge is 0.491 e. The summed E-state index contributed by atoms with van der Waals surface area (Å²) in [4.78, 5) is 23.3. The van der Waals surface area contributed by atoms with Gasteiger partial charge in [0.15, 0.2) is 0 Å². The number of anilines is 2. The van der Waals surface area contributed by atoms with Crippen LogP contribution in [0.4, 0.5) is 11.4 Å². The number of carbonyl (C=O) groups is 2. The number of primary amides is 1. The van der Waals surface area contributed by atoms with Gasteiger partial charge < -0.3 is 15.8 Å². The van der Waals surface area contributed by atoms with Crippen molar-refractivity contribution >= 4 is 33.2 Å². The Morgan fingerprint density at radius 1 is 1.07 bits per heavy atom. The Labute approximate surface area is 164 Å². The van der Waals surface area contributed by atoms with E-state index in [1.807, 2.05) is 13.8 Å². The van der Waals surface area contributed by atoms with Crippen LogP contribution in [0.2, 0.25) is 0 Å². The number of benzene rings is 2. The van der Waals surface area contributed by atoms with E-state index in [-0.39, 0.29) is 6.10 Å². The van der Waals surface area contributed by atoms with Gasteiger partial charge in [0, 0.05) is 16.9 Å². The zero-order chi connectivity index (χ0) is 20.9. The molecule has 150 valence electrons. The monoisotopic (exact) mass is 405 g/mol. The minimum Gasteiger partial charge on any atom is -0.491 e. The molecule has 0 aliphatic heterocycles. The number of sulfonamides is 1. The molecule has 0 radical (unpaired) electrons. The van der Waals surface area contributed by atoms with Crippen molar-refractivity contribution in [3.05, 3.63) is 53.6 Å². The average molecular weight is 405 g/mol. The third kappa shape index (κ3) is 6.27. The summed E-state index contributed by atoms with van der Waals surface area (Å²) >= 11 is 0. The van der Waals surface area contributed by atoms with E-state index in [2.05, 4.69) is 10.0 Å². The van der Waals surface area contributed by atoms with Crippen molar-refractivity contribution in [1.82, 2.24) is 0 Å². The Hall–Kier alpha value is -3.07. The quantitative estimate of drug-likeness (QED) is 0.621. The van der Waals surface area contributed by atoms with Gasteiger partial charge in [-0.05, 0) is 68.8 Å². The summed E-state index contributed by atoms with van der Waals surface area (Å²) in [6.45, 7) is 5.44. The Bertz CT molecular complexity index is 970. The molecule has 0 fully saturated rings. The van der Waals surface area contributed by atoms with Crippen LogP contribution in [0.5, 0.6) is 5.75 Å². The zero-order valence-corrected chi connectivity index (χ0v) is 16.7. The van der Waals surface area contributed by atoms with Crippen LogP contribution in [-0.2, 0) is 14.8 Å². The Kier molecular flexibility index (Phi) is 6.63. The zero-order valence-electron chi connectivity index (χ0n) is 15.9. The molecule has 8 nitrogen and oxygen atoms in total. The van der Waals surface area contributed by atoms with E-state index in [1.165, 1.54) is 12.1 Å². The molecule has 2 aromatic rings. The van der Waals surface area contributed by atoms with E-state index < -0.39 is 27.6 Å². The molecule has 28 heavy (non-hydrogen) atoms. The Balaban J connectivity index is 1.98. The van der Waals surface area contributed by atoms with Gasteiger partial charge in [-0.3, -0.25) is 14.3 Å². The van der Waals surface area contributed by atoms with Gasteiger partial charge in [0.2, 0.25) is 21.8 Å². The first-order valence-corrected chi connectivity index (χ1v) is 10.2. The van der Waals surface area contributed by atoms with E-state index >= 15 is 0 Å². The van der Waals surface area contributed by atoms with Gasteiger partial charge in [0.1, 0.15) is 11.5 Å². The standard InChI is InChI=1S/C19H23N3O5S/c1-12(2)27-16-7-4-14(5-8-16)22-28(25,26)11-18(23)21-15-6-9-17(19(20)24)13(3)10-15/h4-10,12,22H,11H2,1-3H3,(H2,20,24)(H,21,23). The third-order valence-electron chi connectivity index (χ3n) is 3.60. The predicted molar refractivity (Wildman–Crippen MR) is 108 cm³/mol. The summed E-state index contributed by atoms with van der Waals surface area (Å²) in [7, 11) is -3.90. The smallest absolute Gasteiger partial charge is 0.248 e. The van der Waals surface area contributed by atoms with E-state index in [1.54, 1.807) is 37.3 Å². The van der Waals surface area contributed by atoms with Crippen molar-refractivity contribution < 1.29 is 22.7 Å². The van der Waals surface area contributed by atoms with Crippen LogP contribution in [0.15, 0.2) is 42.5 Å². The minimum atomic E-state index is -3.90. The van der Waals surface area contributed by atoms with Gasteiger partial charge in [-0.25, -0.2) is 8.42 Å². The first kappa shape index (κ1) is 21.2. The summed E-state index contributed by atoms with van der Waals surface area (Å²) in [5.41, 5.74) is 6.84. The fraction of sp³-hybridized carbons (Fsp3) is 0.263. The van der Waals surface area contributed by atoms with Crippen molar-refractivity contribution in [3.8, 4) is 5.75 Å². The molecule has 0 unspecified atom stereocenters. The van der Waals surface area contributed by atoms with Gasteiger partial charge in [-0.2, -0.15) is 0 Å². The molecule has 2 amide bonds. The summed E-state index contributed by atoms with van der Waals surface area (Å²) in [5, 5.41) is 2.49. The van der Waals surface area contributed by atoms with Gasteiger partial charge in [0.25, 0.3) is 0 Å². The molecule has 0 heterocycles. The number of ether oxygens (including phenoxy) is 1.